The average Bonchev–Trinajstić information content (AvgIpc) is 2.70. The van der Waals surface area contributed by atoms with Crippen LogP contribution in [0.2, 0.25) is 0 Å². The van der Waals surface area contributed by atoms with Gasteiger partial charge in [0.2, 0.25) is 0 Å². The van der Waals surface area contributed by atoms with Crippen LogP contribution in [-0.2, 0) is 0 Å². The molecule has 0 radical (unpaired) electrons. The Morgan fingerprint density at radius 3 is 2.54 bits per heavy atom. The molecule has 0 saturated carbocycles. The van der Waals surface area contributed by atoms with Crippen molar-refractivity contribution in [1.29, 1.82) is 0 Å². The maximum atomic E-state index is 12.3. The summed E-state index contributed by atoms with van der Waals surface area (Å²) >= 11 is 0. The van der Waals surface area contributed by atoms with Gasteiger partial charge in [-0.3, -0.25) is 4.79 Å². The van der Waals surface area contributed by atoms with Crippen LogP contribution in [0.15, 0.2) is 54.2 Å². The molecule has 0 saturated heterocycles. The molecule has 2 N–H and O–H groups in total. The van der Waals surface area contributed by atoms with Crippen LogP contribution in [0.3, 0.4) is 0 Å². The van der Waals surface area contributed by atoms with Crippen molar-refractivity contribution in [3.8, 4) is 5.75 Å². The summed E-state index contributed by atoms with van der Waals surface area (Å²) in [6.45, 7) is 4.67. The highest BCUT2D eigenvalue weighted by atomic mass is 16.5. The van der Waals surface area contributed by atoms with E-state index in [0.717, 1.165) is 23.5 Å². The van der Waals surface area contributed by atoms with E-state index in [2.05, 4.69) is 21.7 Å². The van der Waals surface area contributed by atoms with Crippen LogP contribution < -0.4 is 15.4 Å². The zero-order valence-electron chi connectivity index (χ0n) is 16.7. The van der Waals surface area contributed by atoms with Gasteiger partial charge in [-0.1, -0.05) is 11.6 Å². The Labute approximate surface area is 167 Å². The predicted molar refractivity (Wildman–Crippen MR) is 113 cm³/mol. The van der Waals surface area contributed by atoms with Gasteiger partial charge in [-0.25, -0.2) is 4.98 Å². The van der Waals surface area contributed by atoms with Crippen LogP contribution >= 0.6 is 0 Å². The Balaban J connectivity index is 1.48. The van der Waals surface area contributed by atoms with Gasteiger partial charge < -0.3 is 15.4 Å². The molecule has 0 spiro atoms. The third-order valence-corrected chi connectivity index (χ3v) is 4.63. The normalized spacial score (nSPS) is 13.8. The first-order chi connectivity index (χ1) is 13.6. The van der Waals surface area contributed by atoms with Crippen molar-refractivity contribution in [1.82, 2.24) is 10.3 Å². The van der Waals surface area contributed by atoms with Gasteiger partial charge in [-0.05, 0) is 82.3 Å². The van der Waals surface area contributed by atoms with Gasteiger partial charge in [0, 0.05) is 12.2 Å². The Morgan fingerprint density at radius 2 is 1.89 bits per heavy atom. The van der Waals surface area contributed by atoms with E-state index in [-0.39, 0.29) is 12.0 Å². The summed E-state index contributed by atoms with van der Waals surface area (Å²) in [4.78, 5) is 16.5. The third kappa shape index (κ3) is 6.12. The number of anilines is 2. The van der Waals surface area contributed by atoms with E-state index in [1.165, 1.54) is 31.3 Å². The highest BCUT2D eigenvalue weighted by molar-refractivity contribution is 5.92. The molecule has 3 rings (SSSR count). The topological polar surface area (TPSA) is 63.2 Å². The number of pyridine rings is 1. The fraction of sp³-hybridized carbons (Fsp3) is 0.391. The molecular weight excluding hydrogens is 350 g/mol. The summed E-state index contributed by atoms with van der Waals surface area (Å²) in [5.41, 5.74) is 3.67. The monoisotopic (exact) mass is 379 g/mol. The number of nitrogens with one attached hydrogen (secondary N) is 2. The minimum Gasteiger partial charge on any atom is -0.491 e. The van der Waals surface area contributed by atoms with Crippen LogP contribution in [0.4, 0.5) is 11.4 Å². The smallest absolute Gasteiger partial charge is 0.269 e. The van der Waals surface area contributed by atoms with E-state index in [1.54, 1.807) is 12.3 Å². The molecule has 5 nitrogen and oxygen atoms in total. The second-order valence-electron chi connectivity index (χ2n) is 7.36. The number of nitrogens with zero attached hydrogens (tertiary/aromatic N) is 1. The average molecular weight is 380 g/mol. The number of hydrogen-bond donors (Lipinski definition) is 2. The number of allylic oxidation sites excluding steroid dienone is 1. The summed E-state index contributed by atoms with van der Waals surface area (Å²) in [5.74, 6) is 0.716. The minimum absolute atomic E-state index is 0.127. The van der Waals surface area contributed by atoms with Crippen molar-refractivity contribution in [2.75, 3.05) is 11.9 Å². The molecule has 148 valence electrons. The maximum Gasteiger partial charge on any atom is 0.269 e. The molecule has 1 aliphatic carbocycles. The van der Waals surface area contributed by atoms with Crippen LogP contribution in [0.1, 0.15) is 56.4 Å². The Morgan fingerprint density at radius 1 is 1.11 bits per heavy atom. The van der Waals surface area contributed by atoms with Crippen molar-refractivity contribution in [2.45, 2.75) is 52.1 Å². The molecule has 1 aromatic carbocycles. The molecular formula is C23H29N3O2. The van der Waals surface area contributed by atoms with E-state index in [4.69, 9.17) is 4.74 Å². The standard InChI is InChI=1S/C23H29N3O2/c1-17(2)28-21-11-8-19(9-12-21)26-20-10-13-22(25-16-20)23(27)24-15-14-18-6-4-3-5-7-18/h6,8-13,16-17,26H,3-5,7,14-15H2,1-2H3,(H,24,27). The van der Waals surface area contributed by atoms with Crippen molar-refractivity contribution in [2.24, 2.45) is 0 Å². The van der Waals surface area contributed by atoms with Gasteiger partial charge in [-0.15, -0.1) is 0 Å². The van der Waals surface area contributed by atoms with Gasteiger partial charge in [0.05, 0.1) is 18.0 Å². The predicted octanol–water partition coefficient (Wildman–Crippen LogP) is 5.23. The largest absolute Gasteiger partial charge is 0.491 e. The highest BCUT2D eigenvalue weighted by Crippen LogP contribution is 2.21. The molecule has 1 amide bonds. The number of aromatic nitrogens is 1. The first-order valence-electron chi connectivity index (χ1n) is 10.1. The van der Waals surface area contributed by atoms with Crippen LogP contribution in [0, 0.1) is 0 Å². The fourth-order valence-corrected chi connectivity index (χ4v) is 3.22. The zero-order valence-corrected chi connectivity index (χ0v) is 16.7. The summed E-state index contributed by atoms with van der Waals surface area (Å²) in [6, 6.07) is 11.4. The number of benzene rings is 1. The number of hydrogen-bond acceptors (Lipinski definition) is 4. The van der Waals surface area contributed by atoms with E-state index < -0.39 is 0 Å². The van der Waals surface area contributed by atoms with Gasteiger partial charge in [0.25, 0.3) is 5.91 Å². The van der Waals surface area contributed by atoms with Gasteiger partial charge in [-0.2, -0.15) is 0 Å². The lowest BCUT2D eigenvalue weighted by molar-refractivity contribution is 0.0949. The molecule has 5 heteroatoms. The summed E-state index contributed by atoms with van der Waals surface area (Å²) in [6.07, 6.45) is 9.97. The second-order valence-corrected chi connectivity index (χ2v) is 7.36. The molecule has 0 atom stereocenters. The lowest BCUT2D eigenvalue weighted by Crippen LogP contribution is -2.25. The maximum absolute atomic E-state index is 12.3. The minimum atomic E-state index is -0.127. The molecule has 2 aromatic rings. The lowest BCUT2D eigenvalue weighted by atomic mass is 9.97. The number of rotatable bonds is 8. The van der Waals surface area contributed by atoms with Crippen LogP contribution in [-0.4, -0.2) is 23.5 Å². The first-order valence-corrected chi connectivity index (χ1v) is 10.1. The lowest BCUT2D eigenvalue weighted by Gasteiger charge is -2.13. The summed E-state index contributed by atoms with van der Waals surface area (Å²) in [7, 11) is 0. The first kappa shape index (κ1) is 19.9. The SMILES string of the molecule is CC(C)Oc1ccc(Nc2ccc(C(=O)NCCC3=CCCCC3)nc2)cc1. The van der Waals surface area contributed by atoms with Crippen molar-refractivity contribution >= 4 is 17.3 Å². The highest BCUT2D eigenvalue weighted by Gasteiger charge is 2.08. The number of ether oxygens (including phenoxy) is 1. The Hall–Kier alpha value is -2.82. The van der Waals surface area contributed by atoms with Crippen molar-refractivity contribution in [3.05, 3.63) is 59.9 Å². The van der Waals surface area contributed by atoms with E-state index >= 15 is 0 Å². The van der Waals surface area contributed by atoms with Crippen molar-refractivity contribution in [3.63, 3.8) is 0 Å². The summed E-state index contributed by atoms with van der Waals surface area (Å²) < 4.78 is 5.64. The molecule has 0 bridgehead atoms. The Bertz CT molecular complexity index is 796. The van der Waals surface area contributed by atoms with E-state index in [9.17, 15) is 4.79 Å². The van der Waals surface area contributed by atoms with E-state index in [0.29, 0.717) is 12.2 Å². The molecule has 1 heterocycles. The molecule has 0 fully saturated rings. The van der Waals surface area contributed by atoms with Crippen LogP contribution in [0.25, 0.3) is 0 Å². The van der Waals surface area contributed by atoms with Crippen LogP contribution in [0.5, 0.6) is 5.75 Å². The zero-order chi connectivity index (χ0) is 19.8. The molecule has 28 heavy (non-hydrogen) atoms. The van der Waals surface area contributed by atoms with Gasteiger partial charge in [0.1, 0.15) is 11.4 Å². The van der Waals surface area contributed by atoms with Gasteiger partial charge >= 0.3 is 0 Å². The van der Waals surface area contributed by atoms with Gasteiger partial charge in [0.15, 0.2) is 0 Å². The second kappa shape index (κ2) is 9.93. The quantitative estimate of drug-likeness (QED) is 0.616. The summed E-state index contributed by atoms with van der Waals surface area (Å²) in [5, 5.41) is 6.24. The number of amides is 1. The third-order valence-electron chi connectivity index (χ3n) is 4.63. The van der Waals surface area contributed by atoms with E-state index in [1.807, 2.05) is 44.2 Å². The fourth-order valence-electron chi connectivity index (χ4n) is 3.22. The van der Waals surface area contributed by atoms with Crippen molar-refractivity contribution < 1.29 is 9.53 Å². The molecule has 1 aromatic heterocycles. The number of carbonyl (C=O) groups excluding carboxylic acids is 1. The Kier molecular flexibility index (Phi) is 7.06. The molecule has 0 aliphatic heterocycles. The molecule has 1 aliphatic rings. The number of carbonyl (C=O) groups is 1. The molecule has 0 unspecified atom stereocenters.